The zero-order chi connectivity index (χ0) is 15.9. The summed E-state index contributed by atoms with van der Waals surface area (Å²) in [6.45, 7) is 0. The fourth-order valence-electron chi connectivity index (χ4n) is 2.59. The van der Waals surface area contributed by atoms with Crippen molar-refractivity contribution < 1.29 is 8.42 Å². The monoisotopic (exact) mass is 323 g/mol. The van der Waals surface area contributed by atoms with E-state index in [0.717, 1.165) is 16.2 Å². The number of nitrogens with zero attached hydrogens (tertiary/aromatic N) is 1. The molecule has 0 fully saturated rings. The van der Waals surface area contributed by atoms with Crippen LogP contribution in [0.1, 0.15) is 0 Å². The van der Waals surface area contributed by atoms with Gasteiger partial charge in [0.25, 0.3) is 10.0 Å². The van der Waals surface area contributed by atoms with Gasteiger partial charge in [-0.25, -0.2) is 8.42 Å². The van der Waals surface area contributed by atoms with E-state index in [-0.39, 0.29) is 4.90 Å². The normalized spacial score (nSPS) is 11.8. The molecule has 114 valence electrons. The van der Waals surface area contributed by atoms with Gasteiger partial charge in [0.15, 0.2) is 0 Å². The number of hydrogen-bond donors (Lipinski definition) is 2. The van der Waals surface area contributed by atoms with Crippen molar-refractivity contribution in [3.63, 3.8) is 0 Å². The Bertz CT molecular complexity index is 1120. The Balaban J connectivity index is 1.78. The summed E-state index contributed by atoms with van der Waals surface area (Å²) in [4.78, 5) is 0.229. The molecule has 3 aromatic carbocycles. The number of sulfonamides is 1. The molecular formula is C17H13N3O2S. The largest absolute Gasteiger partial charge is 0.277 e. The van der Waals surface area contributed by atoms with Crippen molar-refractivity contribution in [3.05, 3.63) is 66.9 Å². The van der Waals surface area contributed by atoms with E-state index in [0.29, 0.717) is 11.2 Å². The highest BCUT2D eigenvalue weighted by Gasteiger charge is 2.16. The van der Waals surface area contributed by atoms with Gasteiger partial charge >= 0.3 is 0 Å². The quantitative estimate of drug-likeness (QED) is 0.606. The topological polar surface area (TPSA) is 74.8 Å². The first-order valence-corrected chi connectivity index (χ1v) is 8.55. The minimum Gasteiger partial charge on any atom is -0.277 e. The predicted molar refractivity (Wildman–Crippen MR) is 90.9 cm³/mol. The number of fused-ring (bicyclic) bond motifs is 2. The molecule has 4 aromatic rings. The SMILES string of the molecule is O=S(=O)(Nc1cccc2cn[nH]c12)c1ccc2ccccc2c1. The van der Waals surface area contributed by atoms with Gasteiger partial charge in [-0.15, -0.1) is 0 Å². The summed E-state index contributed by atoms with van der Waals surface area (Å²) in [6.07, 6.45) is 1.66. The van der Waals surface area contributed by atoms with E-state index in [1.54, 1.807) is 36.5 Å². The molecule has 0 atom stereocenters. The minimum absolute atomic E-state index is 0.229. The lowest BCUT2D eigenvalue weighted by Crippen LogP contribution is -2.13. The maximum Gasteiger partial charge on any atom is 0.261 e. The highest BCUT2D eigenvalue weighted by atomic mass is 32.2. The first kappa shape index (κ1) is 13.8. The van der Waals surface area contributed by atoms with Gasteiger partial charge < -0.3 is 0 Å². The summed E-state index contributed by atoms with van der Waals surface area (Å²) < 4.78 is 28.0. The van der Waals surface area contributed by atoms with Crippen molar-refractivity contribution in [1.82, 2.24) is 10.2 Å². The van der Waals surface area contributed by atoms with E-state index < -0.39 is 10.0 Å². The van der Waals surface area contributed by atoms with Crippen LogP contribution in [0, 0.1) is 0 Å². The van der Waals surface area contributed by atoms with Gasteiger partial charge in [0.2, 0.25) is 0 Å². The number of benzene rings is 3. The van der Waals surface area contributed by atoms with Gasteiger partial charge in [0.05, 0.1) is 22.3 Å². The molecule has 0 spiro atoms. The van der Waals surface area contributed by atoms with Gasteiger partial charge in [-0.3, -0.25) is 9.82 Å². The summed E-state index contributed by atoms with van der Waals surface area (Å²) in [6, 6.07) is 18.1. The highest BCUT2D eigenvalue weighted by molar-refractivity contribution is 7.92. The third kappa shape index (κ3) is 2.43. The number of aromatic amines is 1. The fraction of sp³-hybridized carbons (Fsp3) is 0. The van der Waals surface area contributed by atoms with Crippen LogP contribution < -0.4 is 4.72 Å². The molecule has 0 amide bonds. The van der Waals surface area contributed by atoms with Crippen LogP contribution in [0.15, 0.2) is 71.8 Å². The number of rotatable bonds is 3. The van der Waals surface area contributed by atoms with Gasteiger partial charge in [-0.05, 0) is 29.0 Å². The number of hydrogen-bond acceptors (Lipinski definition) is 3. The standard InChI is InChI=1S/C17H13N3O2S/c21-23(22,15-9-8-12-4-1-2-5-13(12)10-15)20-16-7-3-6-14-11-18-19-17(14)16/h1-11,20H,(H,18,19). The van der Waals surface area contributed by atoms with Crippen molar-refractivity contribution in [1.29, 1.82) is 0 Å². The Morgan fingerprint density at radius 2 is 1.65 bits per heavy atom. The molecule has 23 heavy (non-hydrogen) atoms. The van der Waals surface area contributed by atoms with Crippen molar-refractivity contribution in [2.45, 2.75) is 4.90 Å². The number of anilines is 1. The third-order valence-corrected chi connectivity index (χ3v) is 5.12. The summed E-state index contributed by atoms with van der Waals surface area (Å²) in [5.74, 6) is 0. The zero-order valence-electron chi connectivity index (χ0n) is 12.0. The summed E-state index contributed by atoms with van der Waals surface area (Å²) >= 11 is 0. The average molecular weight is 323 g/mol. The molecule has 0 radical (unpaired) electrons. The molecule has 2 N–H and O–H groups in total. The Morgan fingerprint density at radius 3 is 2.52 bits per heavy atom. The van der Waals surface area contributed by atoms with Crippen LogP contribution >= 0.6 is 0 Å². The smallest absolute Gasteiger partial charge is 0.261 e. The van der Waals surface area contributed by atoms with Crippen LogP contribution in [0.4, 0.5) is 5.69 Å². The first-order valence-electron chi connectivity index (χ1n) is 7.07. The molecule has 0 saturated heterocycles. The molecule has 6 heteroatoms. The second-order valence-corrected chi connectivity index (χ2v) is 6.94. The Morgan fingerprint density at radius 1 is 0.870 bits per heavy atom. The number of aromatic nitrogens is 2. The predicted octanol–water partition coefficient (Wildman–Crippen LogP) is 3.52. The van der Waals surface area contributed by atoms with E-state index in [2.05, 4.69) is 14.9 Å². The molecule has 0 aliphatic carbocycles. The van der Waals surface area contributed by atoms with Gasteiger partial charge in [0, 0.05) is 5.39 Å². The molecule has 0 aliphatic rings. The van der Waals surface area contributed by atoms with E-state index in [9.17, 15) is 8.42 Å². The van der Waals surface area contributed by atoms with Crippen molar-refractivity contribution in [3.8, 4) is 0 Å². The van der Waals surface area contributed by atoms with Crippen LogP contribution in [-0.2, 0) is 10.0 Å². The lowest BCUT2D eigenvalue weighted by atomic mass is 10.1. The molecule has 0 bridgehead atoms. The maximum absolute atomic E-state index is 12.7. The van der Waals surface area contributed by atoms with Crippen LogP contribution in [0.3, 0.4) is 0 Å². The van der Waals surface area contributed by atoms with Crippen molar-refractivity contribution in [2.24, 2.45) is 0 Å². The van der Waals surface area contributed by atoms with Crippen molar-refractivity contribution >= 4 is 37.4 Å². The van der Waals surface area contributed by atoms with Crippen LogP contribution in [0.25, 0.3) is 21.7 Å². The van der Waals surface area contributed by atoms with E-state index in [1.165, 1.54) is 0 Å². The third-order valence-electron chi connectivity index (χ3n) is 3.75. The first-order chi connectivity index (χ1) is 11.1. The molecule has 4 rings (SSSR count). The maximum atomic E-state index is 12.7. The van der Waals surface area contributed by atoms with Crippen molar-refractivity contribution in [2.75, 3.05) is 4.72 Å². The lowest BCUT2D eigenvalue weighted by Gasteiger charge is -2.09. The molecule has 1 heterocycles. The molecule has 5 nitrogen and oxygen atoms in total. The number of H-pyrrole nitrogens is 1. The average Bonchev–Trinajstić information content (AvgIpc) is 3.04. The van der Waals surface area contributed by atoms with E-state index >= 15 is 0 Å². The van der Waals surface area contributed by atoms with Crippen LogP contribution in [0.5, 0.6) is 0 Å². The molecule has 0 unspecified atom stereocenters. The van der Waals surface area contributed by atoms with E-state index in [1.807, 2.05) is 30.3 Å². The zero-order valence-corrected chi connectivity index (χ0v) is 12.8. The highest BCUT2D eigenvalue weighted by Crippen LogP contribution is 2.25. The fourth-order valence-corrected chi connectivity index (χ4v) is 3.70. The number of nitrogens with one attached hydrogen (secondary N) is 2. The molecular weight excluding hydrogens is 310 g/mol. The second kappa shape index (κ2) is 5.10. The second-order valence-electron chi connectivity index (χ2n) is 5.25. The summed E-state index contributed by atoms with van der Waals surface area (Å²) in [5, 5.41) is 9.50. The molecule has 0 aliphatic heterocycles. The Kier molecular flexibility index (Phi) is 3.06. The van der Waals surface area contributed by atoms with Crippen LogP contribution in [0.2, 0.25) is 0 Å². The summed E-state index contributed by atoms with van der Waals surface area (Å²) in [7, 11) is -3.67. The van der Waals surface area contributed by atoms with Crippen LogP contribution in [-0.4, -0.2) is 18.6 Å². The minimum atomic E-state index is -3.67. The Hall–Kier alpha value is -2.86. The van der Waals surface area contributed by atoms with Gasteiger partial charge in [-0.2, -0.15) is 5.10 Å². The van der Waals surface area contributed by atoms with Gasteiger partial charge in [-0.1, -0.05) is 42.5 Å². The van der Waals surface area contributed by atoms with Gasteiger partial charge in [0.1, 0.15) is 0 Å². The number of para-hydroxylation sites is 1. The van der Waals surface area contributed by atoms with E-state index in [4.69, 9.17) is 0 Å². The lowest BCUT2D eigenvalue weighted by molar-refractivity contribution is 0.601. The Labute approximate surface area is 133 Å². The summed E-state index contributed by atoms with van der Waals surface area (Å²) in [5.41, 5.74) is 1.14. The molecule has 0 saturated carbocycles. The molecule has 1 aromatic heterocycles.